The predicted octanol–water partition coefficient (Wildman–Crippen LogP) is 3.17. The molecular weight excluding hydrogens is 308 g/mol. The Morgan fingerprint density at radius 3 is 2.83 bits per heavy atom. The Bertz CT molecular complexity index is 656. The van der Waals surface area contributed by atoms with Crippen molar-refractivity contribution in [2.45, 2.75) is 25.9 Å². The Morgan fingerprint density at radius 2 is 2.17 bits per heavy atom. The normalized spacial score (nSPS) is 21.4. The van der Waals surface area contributed by atoms with Crippen molar-refractivity contribution in [1.29, 1.82) is 0 Å². The molecule has 0 radical (unpaired) electrons. The van der Waals surface area contributed by atoms with Gasteiger partial charge in [0.15, 0.2) is 0 Å². The van der Waals surface area contributed by atoms with E-state index in [1.165, 1.54) is 16.9 Å². The summed E-state index contributed by atoms with van der Waals surface area (Å²) in [5, 5.41) is 2.78. The highest BCUT2D eigenvalue weighted by molar-refractivity contribution is 7.09. The summed E-state index contributed by atoms with van der Waals surface area (Å²) in [7, 11) is 1.77. The van der Waals surface area contributed by atoms with E-state index in [-0.39, 0.29) is 12.0 Å². The van der Waals surface area contributed by atoms with Gasteiger partial charge in [-0.05, 0) is 25.3 Å². The number of likely N-dealkylation sites (tertiary alicyclic amines) is 1. The number of carbonyl (C=O) groups is 1. The largest absolute Gasteiger partial charge is 0.381 e. The Morgan fingerprint density at radius 1 is 1.39 bits per heavy atom. The third-order valence-corrected chi connectivity index (χ3v) is 5.21. The minimum absolute atomic E-state index is 0.0435. The van der Waals surface area contributed by atoms with E-state index in [1.54, 1.807) is 7.11 Å². The lowest BCUT2D eigenvalue weighted by atomic mass is 9.88. The number of ether oxygens (including phenoxy) is 1. The summed E-state index contributed by atoms with van der Waals surface area (Å²) in [5.41, 5.74) is 1.86. The van der Waals surface area contributed by atoms with E-state index in [0.29, 0.717) is 11.6 Å². The Hall–Kier alpha value is -1.72. The predicted molar refractivity (Wildman–Crippen MR) is 91.8 cm³/mol. The fourth-order valence-corrected chi connectivity index (χ4v) is 3.83. The number of hydrogen-bond acceptors (Lipinski definition) is 4. The smallest absolute Gasteiger partial charge is 0.273 e. The van der Waals surface area contributed by atoms with Gasteiger partial charge in [-0.2, -0.15) is 0 Å². The topological polar surface area (TPSA) is 42.4 Å². The molecule has 122 valence electrons. The molecule has 1 aliphatic heterocycles. The van der Waals surface area contributed by atoms with E-state index in [4.69, 9.17) is 4.74 Å². The summed E-state index contributed by atoms with van der Waals surface area (Å²) in [6, 6.07) is 10.4. The zero-order chi connectivity index (χ0) is 16.2. The monoisotopic (exact) mass is 330 g/mol. The first-order valence-electron chi connectivity index (χ1n) is 7.95. The summed E-state index contributed by atoms with van der Waals surface area (Å²) < 4.78 is 5.66. The average Bonchev–Trinajstić information content (AvgIpc) is 3.01. The molecule has 0 aliphatic carbocycles. The maximum absolute atomic E-state index is 12.6. The van der Waals surface area contributed by atoms with Crippen molar-refractivity contribution in [1.82, 2.24) is 9.88 Å². The minimum atomic E-state index is 0.0435. The lowest BCUT2D eigenvalue weighted by Crippen LogP contribution is -2.47. The second-order valence-corrected chi connectivity index (χ2v) is 7.08. The zero-order valence-electron chi connectivity index (χ0n) is 13.6. The van der Waals surface area contributed by atoms with E-state index < -0.39 is 0 Å². The minimum Gasteiger partial charge on any atom is -0.381 e. The quantitative estimate of drug-likeness (QED) is 0.865. The molecule has 4 nitrogen and oxygen atoms in total. The molecule has 23 heavy (non-hydrogen) atoms. The van der Waals surface area contributed by atoms with Gasteiger partial charge in [0.1, 0.15) is 5.69 Å². The van der Waals surface area contributed by atoms with E-state index in [2.05, 4.69) is 29.2 Å². The molecule has 3 rings (SSSR count). The highest BCUT2D eigenvalue weighted by Gasteiger charge is 2.32. The number of nitrogens with zero attached hydrogens (tertiary/aromatic N) is 2. The van der Waals surface area contributed by atoms with E-state index >= 15 is 0 Å². The van der Waals surface area contributed by atoms with Gasteiger partial charge in [0.05, 0.1) is 11.1 Å². The molecule has 1 saturated heterocycles. The van der Waals surface area contributed by atoms with Gasteiger partial charge < -0.3 is 9.64 Å². The van der Waals surface area contributed by atoms with Crippen LogP contribution in [0, 0.1) is 12.8 Å². The van der Waals surface area contributed by atoms with Crippen molar-refractivity contribution < 1.29 is 9.53 Å². The van der Waals surface area contributed by atoms with Crippen LogP contribution in [0.15, 0.2) is 35.7 Å². The van der Waals surface area contributed by atoms with Gasteiger partial charge in [0.25, 0.3) is 5.91 Å². The van der Waals surface area contributed by atoms with Crippen molar-refractivity contribution >= 4 is 17.2 Å². The van der Waals surface area contributed by atoms with Crippen LogP contribution >= 0.6 is 11.3 Å². The van der Waals surface area contributed by atoms with Gasteiger partial charge in [-0.25, -0.2) is 4.98 Å². The van der Waals surface area contributed by atoms with Crippen LogP contribution in [0.25, 0.3) is 0 Å². The number of benzene rings is 1. The molecule has 5 heteroatoms. The molecule has 1 fully saturated rings. The van der Waals surface area contributed by atoms with Crippen LogP contribution in [0.4, 0.5) is 0 Å². The highest BCUT2D eigenvalue weighted by Crippen LogP contribution is 2.25. The van der Waals surface area contributed by atoms with Crippen LogP contribution in [0.2, 0.25) is 0 Å². The van der Waals surface area contributed by atoms with Gasteiger partial charge in [-0.15, -0.1) is 11.3 Å². The van der Waals surface area contributed by atoms with Crippen LogP contribution in [0.1, 0.15) is 27.5 Å². The van der Waals surface area contributed by atoms with Crippen LogP contribution in [-0.4, -0.2) is 42.1 Å². The van der Waals surface area contributed by atoms with Gasteiger partial charge in [0.2, 0.25) is 0 Å². The van der Waals surface area contributed by atoms with E-state index in [1.807, 2.05) is 23.3 Å². The average molecular weight is 330 g/mol. The van der Waals surface area contributed by atoms with Crippen LogP contribution in [-0.2, 0) is 11.2 Å². The SMILES string of the molecule is CO[C@@H]1CCN(C(=O)c2csc(C)n2)C[C@@H]1Cc1ccccc1. The van der Waals surface area contributed by atoms with Crippen LogP contribution < -0.4 is 0 Å². The second-order valence-electron chi connectivity index (χ2n) is 6.02. The maximum atomic E-state index is 12.6. The lowest BCUT2D eigenvalue weighted by molar-refractivity contribution is -0.00315. The molecule has 1 aromatic carbocycles. The standard InChI is InChI=1S/C18H22N2O2S/c1-13-19-16(12-23-13)18(21)20-9-8-17(22-2)15(11-20)10-14-6-4-3-5-7-14/h3-7,12,15,17H,8-11H2,1-2H3/t15-,17+/m0/s1. The van der Waals surface area contributed by atoms with Crippen LogP contribution in [0.5, 0.6) is 0 Å². The number of piperidine rings is 1. The number of amides is 1. The molecule has 1 amide bonds. The van der Waals surface area contributed by atoms with Crippen molar-refractivity contribution in [2.24, 2.45) is 5.92 Å². The fourth-order valence-electron chi connectivity index (χ4n) is 3.24. The van der Waals surface area contributed by atoms with Gasteiger partial charge in [0, 0.05) is 31.5 Å². The second kappa shape index (κ2) is 7.23. The first-order chi connectivity index (χ1) is 11.2. The number of hydrogen-bond donors (Lipinski definition) is 0. The number of methoxy groups -OCH3 is 1. The molecule has 0 N–H and O–H groups in total. The molecule has 2 atom stereocenters. The van der Waals surface area contributed by atoms with Crippen LogP contribution in [0.3, 0.4) is 0 Å². The van der Waals surface area contributed by atoms with E-state index in [9.17, 15) is 4.79 Å². The summed E-state index contributed by atoms with van der Waals surface area (Å²) >= 11 is 1.52. The van der Waals surface area contributed by atoms with Gasteiger partial charge >= 0.3 is 0 Å². The molecule has 2 heterocycles. The molecule has 0 saturated carbocycles. The Balaban J connectivity index is 1.71. The third kappa shape index (κ3) is 3.79. The highest BCUT2D eigenvalue weighted by atomic mass is 32.1. The number of aromatic nitrogens is 1. The van der Waals surface area contributed by atoms with Gasteiger partial charge in [-0.1, -0.05) is 30.3 Å². The molecule has 0 spiro atoms. The summed E-state index contributed by atoms with van der Waals surface area (Å²) in [6.07, 6.45) is 2.01. The van der Waals surface area contributed by atoms with Crippen molar-refractivity contribution in [3.63, 3.8) is 0 Å². The van der Waals surface area contributed by atoms with Crippen molar-refractivity contribution in [3.05, 3.63) is 52.0 Å². The number of carbonyl (C=O) groups excluding carboxylic acids is 1. The van der Waals surface area contributed by atoms with Gasteiger partial charge in [-0.3, -0.25) is 4.79 Å². The summed E-state index contributed by atoms with van der Waals surface area (Å²) in [4.78, 5) is 18.9. The molecule has 1 aliphatic rings. The number of thiazole rings is 1. The van der Waals surface area contributed by atoms with E-state index in [0.717, 1.165) is 30.9 Å². The molecule has 0 unspecified atom stereocenters. The summed E-state index contributed by atoms with van der Waals surface area (Å²) in [5.74, 6) is 0.363. The fraction of sp³-hybridized carbons (Fsp3) is 0.444. The van der Waals surface area contributed by atoms with Crippen molar-refractivity contribution in [2.75, 3.05) is 20.2 Å². The lowest BCUT2D eigenvalue weighted by Gasteiger charge is -2.37. The zero-order valence-corrected chi connectivity index (χ0v) is 14.4. The molecule has 0 bridgehead atoms. The Labute approximate surface area is 141 Å². The molecule has 2 aromatic rings. The number of rotatable bonds is 4. The number of aryl methyl sites for hydroxylation is 1. The Kier molecular flexibility index (Phi) is 5.08. The first-order valence-corrected chi connectivity index (χ1v) is 8.83. The first kappa shape index (κ1) is 16.1. The van der Waals surface area contributed by atoms with Crippen molar-refractivity contribution in [3.8, 4) is 0 Å². The molecular formula is C18H22N2O2S. The third-order valence-electron chi connectivity index (χ3n) is 4.43. The summed E-state index contributed by atoms with van der Waals surface area (Å²) in [6.45, 7) is 3.39. The maximum Gasteiger partial charge on any atom is 0.273 e. The molecule has 1 aromatic heterocycles.